The molecule has 114 heavy (non-hydrogen) atoms. The van der Waals surface area contributed by atoms with Gasteiger partial charge in [-0.2, -0.15) is 54.8 Å². The van der Waals surface area contributed by atoms with Crippen molar-refractivity contribution in [3.8, 4) is 67.2 Å². The van der Waals surface area contributed by atoms with Gasteiger partial charge in [0.2, 0.25) is 0 Å². The second-order valence-electron chi connectivity index (χ2n) is 29.0. The lowest BCUT2D eigenvalue weighted by atomic mass is 9.98. The fourth-order valence-electron chi connectivity index (χ4n) is 14.4. The number of morpholine rings is 3. The van der Waals surface area contributed by atoms with Crippen molar-refractivity contribution in [3.05, 3.63) is 144 Å². The van der Waals surface area contributed by atoms with Crippen molar-refractivity contribution in [2.45, 2.75) is 58.6 Å². The van der Waals surface area contributed by atoms with Gasteiger partial charge in [-0.05, 0) is 163 Å². The molecule has 15 rings (SSSR count). The summed E-state index contributed by atoms with van der Waals surface area (Å²) in [6, 6.07) is 17.6. The molecule has 0 radical (unpaired) electrons. The predicted molar refractivity (Wildman–Crippen MR) is 403 cm³/mol. The Kier molecular flexibility index (Phi) is 24.1. The van der Waals surface area contributed by atoms with E-state index in [0.29, 0.717) is 129 Å². The molecule has 0 aliphatic carbocycles. The Morgan fingerprint density at radius 1 is 0.368 bits per heavy atom. The van der Waals surface area contributed by atoms with Crippen molar-refractivity contribution in [1.29, 1.82) is 0 Å². The van der Waals surface area contributed by atoms with Crippen LogP contribution in [0.4, 0.5) is 102 Å². The number of nitrogens with zero attached hydrogens (tertiary/aromatic N) is 15. The number of nitrogens with one attached hydrogen (secondary N) is 3. The number of likely N-dealkylation sites (tertiary alicyclic amines) is 3. The molecule has 0 spiro atoms. The van der Waals surface area contributed by atoms with E-state index in [1.165, 1.54) is 36.4 Å². The van der Waals surface area contributed by atoms with E-state index >= 15 is 0 Å². The number of urea groups is 3. The van der Waals surface area contributed by atoms with Gasteiger partial charge in [0.25, 0.3) is 0 Å². The number of aryl methyl sites for hydroxylation is 6. The Morgan fingerprint density at radius 2 is 0.623 bits per heavy atom. The second-order valence-corrected chi connectivity index (χ2v) is 29.0. The van der Waals surface area contributed by atoms with Gasteiger partial charge in [0, 0.05) is 135 Å². The summed E-state index contributed by atoms with van der Waals surface area (Å²) in [4.78, 5) is 62.2. The van der Waals surface area contributed by atoms with Crippen LogP contribution in [-0.2, 0) is 35.4 Å². The Bertz CT molecular complexity index is 4490. The van der Waals surface area contributed by atoms with E-state index in [2.05, 4.69) is 45.9 Å². The summed E-state index contributed by atoms with van der Waals surface area (Å²) in [5, 5.41) is 20.2. The van der Waals surface area contributed by atoms with Crippen LogP contribution in [0.15, 0.2) is 110 Å². The van der Waals surface area contributed by atoms with Crippen molar-refractivity contribution < 1.29 is 81.3 Å². The minimum Gasteiger partial charge on any atom is -0.378 e. The molecule has 1 unspecified atom stereocenters. The van der Waals surface area contributed by atoms with E-state index in [9.17, 15) is 67.1 Å². The van der Waals surface area contributed by atoms with Gasteiger partial charge in [0.1, 0.15) is 34.9 Å². The molecule has 9 aromatic rings. The molecule has 6 saturated heterocycles. The first-order valence-corrected chi connectivity index (χ1v) is 37.1. The summed E-state index contributed by atoms with van der Waals surface area (Å²) in [5.41, 5.74) is 10.3. The summed E-state index contributed by atoms with van der Waals surface area (Å²) in [6.07, 6.45) is -2.94. The van der Waals surface area contributed by atoms with E-state index < -0.39 is 91.5 Å². The fourth-order valence-corrected chi connectivity index (χ4v) is 14.4. The number of carbonyl (C=O) groups excluding carboxylic acids is 3. The van der Waals surface area contributed by atoms with Crippen LogP contribution in [0.5, 0.6) is 0 Å². The van der Waals surface area contributed by atoms with Crippen LogP contribution in [0.1, 0.15) is 36.0 Å². The number of anilines is 6. The number of alkyl halides is 9. The number of benzene rings is 3. The lowest BCUT2D eigenvalue weighted by Crippen LogP contribution is -2.36. The maximum atomic E-state index is 14.9. The van der Waals surface area contributed by atoms with E-state index in [-0.39, 0.29) is 56.0 Å². The third-order valence-electron chi connectivity index (χ3n) is 20.9. The highest BCUT2D eigenvalue weighted by atomic mass is 19.4. The third kappa shape index (κ3) is 19.3. The molecule has 3 atom stereocenters. The molecule has 0 saturated carbocycles. The largest absolute Gasteiger partial charge is 0.393 e. The zero-order valence-electron chi connectivity index (χ0n) is 63.2. The van der Waals surface area contributed by atoms with Crippen molar-refractivity contribution in [2.24, 2.45) is 38.9 Å². The van der Waals surface area contributed by atoms with Crippen LogP contribution in [0, 0.1) is 56.0 Å². The molecule has 6 fully saturated rings. The van der Waals surface area contributed by atoms with Gasteiger partial charge in [-0.1, -0.05) is 0 Å². The highest BCUT2D eigenvalue weighted by Crippen LogP contribution is 2.42. The van der Waals surface area contributed by atoms with E-state index in [1.54, 1.807) is 53.4 Å². The molecule has 24 nitrogen and oxygen atoms in total. The van der Waals surface area contributed by atoms with Gasteiger partial charge >= 0.3 is 36.6 Å². The van der Waals surface area contributed by atoms with Crippen LogP contribution >= 0.6 is 0 Å². The number of halogens is 12. The number of pyridine rings is 3. The lowest BCUT2D eigenvalue weighted by molar-refractivity contribution is -0.170. The zero-order valence-corrected chi connectivity index (χ0v) is 63.2. The van der Waals surface area contributed by atoms with Crippen LogP contribution in [0.3, 0.4) is 0 Å². The number of hydrogen-bond donors (Lipinski definition) is 3. The van der Waals surface area contributed by atoms with Crippen molar-refractivity contribution in [3.63, 3.8) is 0 Å². The fraction of sp³-hybridized carbons (Fsp3) is 0.423. The van der Waals surface area contributed by atoms with Gasteiger partial charge < -0.3 is 59.6 Å². The highest BCUT2D eigenvalue weighted by molar-refractivity contribution is 5.93. The molecule has 12 heterocycles. The quantitative estimate of drug-likeness (QED) is 0.0967. The molecular formula is C78H84F12N18O6. The average molecular weight is 1600 g/mol. The van der Waals surface area contributed by atoms with E-state index in [4.69, 9.17) is 29.2 Å². The molecule has 6 aromatic heterocycles. The van der Waals surface area contributed by atoms with Crippen LogP contribution < -0.4 is 30.7 Å². The molecule has 6 aliphatic rings. The lowest BCUT2D eigenvalue weighted by Gasteiger charge is -2.28. The zero-order chi connectivity index (χ0) is 81.1. The third-order valence-corrected chi connectivity index (χ3v) is 20.9. The molecule has 6 aliphatic heterocycles. The topological polar surface area (TPSA) is 227 Å². The number of ether oxygens (including phenoxy) is 3. The molecule has 36 heteroatoms. The van der Waals surface area contributed by atoms with E-state index in [0.717, 1.165) is 65.5 Å². The molecule has 606 valence electrons. The van der Waals surface area contributed by atoms with Gasteiger partial charge in [-0.25, -0.2) is 42.5 Å². The standard InChI is InChI=1S/3C26H28F4N6O2/c3*1-16-9-21(27)23(33-25(37)36-4-3-19(15-36)26(28,29)30)12-20(16)17-10-22(18-13-31-34(2)14-18)32-24(11-17)35-5-7-38-8-6-35/h3*9-14,19H,3-8,15H2,1-2H3,(H,33,37)/t2*19-;/m10./s1. The molecule has 6 amide bonds. The summed E-state index contributed by atoms with van der Waals surface area (Å²) >= 11 is 0. The Labute approximate surface area is 648 Å². The maximum absolute atomic E-state index is 14.9. The number of carbonyl (C=O) groups is 3. The number of amides is 6. The Hall–Kier alpha value is -11.0. The van der Waals surface area contributed by atoms with Crippen molar-refractivity contribution in [1.82, 2.24) is 59.0 Å². The van der Waals surface area contributed by atoms with Crippen molar-refractivity contribution >= 4 is 52.6 Å². The first-order valence-electron chi connectivity index (χ1n) is 37.1. The summed E-state index contributed by atoms with van der Waals surface area (Å²) < 4.78 is 184. The predicted octanol–water partition coefficient (Wildman–Crippen LogP) is 14.5. The minimum atomic E-state index is -4.37. The normalized spacial score (nSPS) is 18.2. The van der Waals surface area contributed by atoms with Gasteiger partial charge in [-0.15, -0.1) is 0 Å². The Morgan fingerprint density at radius 3 is 0.842 bits per heavy atom. The van der Waals surface area contributed by atoms with Gasteiger partial charge in [0.05, 0.1) is 110 Å². The number of aromatic nitrogens is 9. The highest BCUT2D eigenvalue weighted by Gasteiger charge is 2.47. The monoisotopic (exact) mass is 1600 g/mol. The average Bonchev–Trinajstić information content (AvgIpc) is 0.991. The first kappa shape index (κ1) is 81.0. The minimum absolute atomic E-state index is 0.0436. The van der Waals surface area contributed by atoms with E-state index in [1.807, 2.05) is 76.1 Å². The summed E-state index contributed by atoms with van der Waals surface area (Å²) in [6.45, 7) is 11.3. The summed E-state index contributed by atoms with van der Waals surface area (Å²) in [7, 11) is 5.44. The van der Waals surface area contributed by atoms with Crippen LogP contribution in [0.25, 0.3) is 67.2 Å². The first-order chi connectivity index (χ1) is 54.2. The summed E-state index contributed by atoms with van der Waals surface area (Å²) in [5.74, 6) is -4.53. The maximum Gasteiger partial charge on any atom is 0.393 e. The Balaban J connectivity index is 0.000000149. The van der Waals surface area contributed by atoms with Gasteiger partial charge in [0.15, 0.2) is 0 Å². The van der Waals surface area contributed by atoms with Gasteiger partial charge in [-0.3, -0.25) is 14.0 Å². The molecule has 0 bridgehead atoms. The second kappa shape index (κ2) is 34.0. The molecule has 3 aromatic carbocycles. The smallest absolute Gasteiger partial charge is 0.378 e. The molecular weight excluding hydrogens is 1510 g/mol. The molecule has 3 N–H and O–H groups in total. The van der Waals surface area contributed by atoms with Crippen LogP contribution in [0.2, 0.25) is 0 Å². The number of rotatable bonds is 12. The SMILES string of the molecule is Cc1cc(F)c(NC(=O)N2CCC(C(F)(F)F)C2)cc1-c1cc(-c2cnn(C)c2)nc(N2CCOCC2)c1.Cc1cc(F)c(NC(=O)N2CC[C@@H](C(F)(F)F)C2)cc1-c1cc(-c2cnn(C)c2)nc(N2CCOCC2)c1.Cc1cc(F)c(NC(=O)N2CC[C@H](C(F)(F)F)C2)cc1-c1cc(-c2cnn(C)c2)nc(N2CCOCC2)c1. The number of hydrogen-bond acceptors (Lipinski definition) is 15. The van der Waals surface area contributed by atoms with Crippen molar-refractivity contribution in [2.75, 3.05) is 149 Å². The van der Waals surface area contributed by atoms with Crippen LogP contribution in [-0.4, -0.2) is 214 Å².